The third-order valence-corrected chi connectivity index (χ3v) is 4.28. The molecule has 0 bridgehead atoms. The Balaban J connectivity index is 2.24. The standard InChI is InChI=1S/C11H13Cl3O2/c1-10-5-3-2-4-7(10)6-8(11(12,13)14)16-9(10)15/h3,5,7-8H,2,4,6H2,1H3/t7-,8+,10+/m0/s1. The van der Waals surface area contributed by atoms with Gasteiger partial charge in [-0.15, -0.1) is 0 Å². The number of hydrogen-bond acceptors (Lipinski definition) is 2. The number of hydrogen-bond donors (Lipinski definition) is 0. The topological polar surface area (TPSA) is 26.3 Å². The maximum Gasteiger partial charge on any atom is 0.316 e. The highest BCUT2D eigenvalue weighted by Gasteiger charge is 2.51. The second-order valence-corrected chi connectivity index (χ2v) is 7.00. The molecule has 0 unspecified atom stereocenters. The maximum atomic E-state index is 12.0. The molecular formula is C11H13Cl3O2. The summed E-state index contributed by atoms with van der Waals surface area (Å²) in [5.74, 6) is -0.0737. The van der Waals surface area contributed by atoms with Crippen molar-refractivity contribution in [1.29, 1.82) is 0 Å². The Hall–Kier alpha value is 0.0800. The molecule has 1 fully saturated rings. The molecule has 5 heteroatoms. The second-order valence-electron chi connectivity index (χ2n) is 4.63. The molecule has 0 aromatic rings. The van der Waals surface area contributed by atoms with E-state index in [2.05, 4.69) is 0 Å². The summed E-state index contributed by atoms with van der Waals surface area (Å²) in [5.41, 5.74) is -0.537. The molecular weight excluding hydrogens is 270 g/mol. The van der Waals surface area contributed by atoms with E-state index in [4.69, 9.17) is 39.5 Å². The first-order valence-corrected chi connectivity index (χ1v) is 6.43. The number of halogens is 3. The molecule has 0 radical (unpaired) electrons. The number of esters is 1. The largest absolute Gasteiger partial charge is 0.457 e. The van der Waals surface area contributed by atoms with Crippen molar-refractivity contribution in [3.8, 4) is 0 Å². The maximum absolute atomic E-state index is 12.0. The molecule has 0 aromatic heterocycles. The second kappa shape index (κ2) is 4.08. The molecule has 0 aromatic carbocycles. The van der Waals surface area contributed by atoms with Gasteiger partial charge in [0.2, 0.25) is 3.79 Å². The summed E-state index contributed by atoms with van der Waals surface area (Å²) in [6, 6.07) is 0. The number of alkyl halides is 3. The normalized spacial score (nSPS) is 39.1. The van der Waals surface area contributed by atoms with Gasteiger partial charge in [-0.05, 0) is 32.1 Å². The minimum atomic E-state index is -1.53. The number of ether oxygens (including phenoxy) is 1. The molecule has 1 saturated heterocycles. The van der Waals surface area contributed by atoms with Crippen LogP contribution in [0, 0.1) is 11.3 Å². The van der Waals surface area contributed by atoms with Crippen molar-refractivity contribution in [2.75, 3.05) is 0 Å². The summed E-state index contributed by atoms with van der Waals surface area (Å²) in [6.45, 7) is 1.89. The number of cyclic esters (lactones) is 1. The van der Waals surface area contributed by atoms with Crippen LogP contribution in [0.2, 0.25) is 0 Å². The van der Waals surface area contributed by atoms with Gasteiger partial charge in [0.1, 0.15) is 6.10 Å². The van der Waals surface area contributed by atoms with Crippen molar-refractivity contribution in [2.24, 2.45) is 11.3 Å². The van der Waals surface area contributed by atoms with Crippen molar-refractivity contribution in [3.63, 3.8) is 0 Å². The molecule has 3 atom stereocenters. The van der Waals surface area contributed by atoms with Crippen LogP contribution in [0.5, 0.6) is 0 Å². The smallest absolute Gasteiger partial charge is 0.316 e. The van der Waals surface area contributed by atoms with Gasteiger partial charge < -0.3 is 4.74 Å². The number of carbonyl (C=O) groups is 1. The zero-order chi connectivity index (χ0) is 12.0. The highest BCUT2D eigenvalue weighted by atomic mass is 35.6. The van der Waals surface area contributed by atoms with Gasteiger partial charge in [0.05, 0.1) is 5.41 Å². The average Bonchev–Trinajstić information content (AvgIpc) is 2.17. The van der Waals surface area contributed by atoms with Crippen molar-refractivity contribution in [3.05, 3.63) is 12.2 Å². The number of carbonyl (C=O) groups excluding carboxylic acids is 1. The van der Waals surface area contributed by atoms with E-state index >= 15 is 0 Å². The molecule has 1 aliphatic heterocycles. The first kappa shape index (κ1) is 12.5. The Kier molecular flexibility index (Phi) is 3.19. The minimum absolute atomic E-state index is 0.208. The fourth-order valence-electron chi connectivity index (χ4n) is 2.42. The van der Waals surface area contributed by atoms with Crippen molar-refractivity contribution in [1.82, 2.24) is 0 Å². The Morgan fingerprint density at radius 3 is 2.81 bits per heavy atom. The zero-order valence-corrected chi connectivity index (χ0v) is 11.1. The molecule has 1 heterocycles. The number of fused-ring (bicyclic) bond motifs is 1. The first-order chi connectivity index (χ1) is 7.34. The minimum Gasteiger partial charge on any atom is -0.457 e. The van der Waals surface area contributed by atoms with Crippen LogP contribution in [0.1, 0.15) is 26.2 Å². The summed E-state index contributed by atoms with van der Waals surface area (Å²) >= 11 is 17.4. The van der Waals surface area contributed by atoms with Gasteiger partial charge in [-0.25, -0.2) is 0 Å². The van der Waals surface area contributed by atoms with Gasteiger partial charge in [-0.1, -0.05) is 47.0 Å². The molecule has 2 aliphatic rings. The van der Waals surface area contributed by atoms with Crippen LogP contribution in [0.3, 0.4) is 0 Å². The third kappa shape index (κ3) is 2.07. The fraction of sp³-hybridized carbons (Fsp3) is 0.727. The molecule has 0 saturated carbocycles. The van der Waals surface area contributed by atoms with E-state index in [1.165, 1.54) is 0 Å². The van der Waals surface area contributed by atoms with E-state index in [0.29, 0.717) is 6.42 Å². The van der Waals surface area contributed by atoms with Crippen LogP contribution in [0.15, 0.2) is 12.2 Å². The van der Waals surface area contributed by atoms with E-state index in [1.54, 1.807) is 0 Å². The third-order valence-electron chi connectivity index (χ3n) is 3.55. The van der Waals surface area contributed by atoms with Gasteiger partial charge in [-0.2, -0.15) is 0 Å². The van der Waals surface area contributed by atoms with Crippen LogP contribution in [0.25, 0.3) is 0 Å². The molecule has 2 rings (SSSR count). The highest BCUT2D eigenvalue weighted by molar-refractivity contribution is 6.68. The van der Waals surface area contributed by atoms with Gasteiger partial charge in [-0.3, -0.25) is 4.79 Å². The quantitative estimate of drug-likeness (QED) is 0.385. The SMILES string of the molecule is C[C@@]12C=CCC[C@H]1C[C@H](C(Cl)(Cl)Cl)OC2=O. The summed E-state index contributed by atoms with van der Waals surface area (Å²) < 4.78 is 3.71. The van der Waals surface area contributed by atoms with Crippen LogP contribution >= 0.6 is 34.8 Å². The number of allylic oxidation sites excluding steroid dienone is 1. The Morgan fingerprint density at radius 2 is 2.19 bits per heavy atom. The van der Waals surface area contributed by atoms with E-state index in [0.717, 1.165) is 12.8 Å². The Bertz CT molecular complexity index is 335. The summed E-state index contributed by atoms with van der Waals surface area (Å²) in [6.07, 6.45) is 5.85. The van der Waals surface area contributed by atoms with Crippen molar-refractivity contribution < 1.29 is 9.53 Å². The molecule has 0 spiro atoms. The molecule has 90 valence electrons. The average molecular weight is 284 g/mol. The lowest BCUT2D eigenvalue weighted by Crippen LogP contribution is -2.49. The van der Waals surface area contributed by atoms with E-state index in [1.807, 2.05) is 19.1 Å². The van der Waals surface area contributed by atoms with E-state index < -0.39 is 15.3 Å². The number of rotatable bonds is 0. The molecule has 16 heavy (non-hydrogen) atoms. The Labute approximate surface area is 110 Å². The predicted molar refractivity (Wildman–Crippen MR) is 64.8 cm³/mol. The molecule has 0 amide bonds. The van der Waals surface area contributed by atoms with E-state index in [-0.39, 0.29) is 11.9 Å². The zero-order valence-electron chi connectivity index (χ0n) is 8.88. The molecule has 0 N–H and O–H groups in total. The fourth-order valence-corrected chi connectivity index (χ4v) is 2.82. The summed E-state index contributed by atoms with van der Waals surface area (Å²) in [5, 5.41) is 0. The van der Waals surface area contributed by atoms with Crippen LogP contribution in [0.4, 0.5) is 0 Å². The lowest BCUT2D eigenvalue weighted by Gasteiger charge is -2.44. The van der Waals surface area contributed by atoms with Gasteiger partial charge >= 0.3 is 5.97 Å². The summed E-state index contributed by atoms with van der Waals surface area (Å²) in [7, 11) is 0. The van der Waals surface area contributed by atoms with E-state index in [9.17, 15) is 4.79 Å². The van der Waals surface area contributed by atoms with Gasteiger partial charge in [0.15, 0.2) is 0 Å². The highest BCUT2D eigenvalue weighted by Crippen LogP contribution is 2.48. The lowest BCUT2D eigenvalue weighted by molar-refractivity contribution is -0.171. The predicted octanol–water partition coefficient (Wildman–Crippen LogP) is 3.64. The van der Waals surface area contributed by atoms with Crippen molar-refractivity contribution >= 4 is 40.8 Å². The summed E-state index contributed by atoms with van der Waals surface area (Å²) in [4.78, 5) is 12.0. The van der Waals surface area contributed by atoms with Crippen LogP contribution < -0.4 is 0 Å². The monoisotopic (exact) mass is 282 g/mol. The lowest BCUT2D eigenvalue weighted by atomic mass is 9.68. The molecule has 1 aliphatic carbocycles. The van der Waals surface area contributed by atoms with Crippen molar-refractivity contribution in [2.45, 2.75) is 36.1 Å². The van der Waals surface area contributed by atoms with Gasteiger partial charge in [0, 0.05) is 0 Å². The Morgan fingerprint density at radius 1 is 1.50 bits per heavy atom. The first-order valence-electron chi connectivity index (χ1n) is 5.29. The van der Waals surface area contributed by atoms with Crippen LogP contribution in [-0.4, -0.2) is 15.9 Å². The molecule has 2 nitrogen and oxygen atoms in total. The van der Waals surface area contributed by atoms with Crippen LogP contribution in [-0.2, 0) is 9.53 Å². The van der Waals surface area contributed by atoms with Gasteiger partial charge in [0.25, 0.3) is 0 Å².